The smallest absolute Gasteiger partial charge is 0.0410 e. The lowest BCUT2D eigenvalue weighted by Gasteiger charge is -2.27. The lowest BCUT2D eigenvalue weighted by Crippen LogP contribution is -2.27. The number of nitrogens with zero attached hydrogens (tertiary/aromatic N) is 1. The molecule has 0 aromatic heterocycles. The zero-order valence-corrected chi connectivity index (χ0v) is 11.9. The number of rotatable bonds is 4. The van der Waals surface area contributed by atoms with Gasteiger partial charge in [-0.3, -0.25) is 0 Å². The predicted molar refractivity (Wildman–Crippen MR) is 78.8 cm³/mol. The molecule has 18 heavy (non-hydrogen) atoms. The summed E-state index contributed by atoms with van der Waals surface area (Å²) in [6.07, 6.45) is 6.99. The second-order valence-corrected chi connectivity index (χ2v) is 5.98. The third kappa shape index (κ3) is 3.89. The van der Waals surface area contributed by atoms with Crippen molar-refractivity contribution in [1.82, 2.24) is 4.90 Å². The predicted octanol–water partition coefficient (Wildman–Crippen LogP) is 3.93. The fraction of sp³-hybridized carbons (Fsp3) is 0.600. The summed E-state index contributed by atoms with van der Waals surface area (Å²) in [6, 6.07) is 5.72. The molecule has 0 amide bonds. The average Bonchev–Trinajstić information content (AvgIpc) is 2.35. The highest BCUT2D eigenvalue weighted by Crippen LogP contribution is 2.25. The van der Waals surface area contributed by atoms with Crippen LogP contribution in [-0.2, 0) is 6.54 Å². The molecule has 1 fully saturated rings. The number of hydrogen-bond donors (Lipinski definition) is 1. The molecule has 0 aliphatic heterocycles. The molecule has 1 aliphatic carbocycles. The Bertz CT molecular complexity index is 386. The molecule has 100 valence electrons. The summed E-state index contributed by atoms with van der Waals surface area (Å²) in [6.45, 7) is 2.06. The first-order valence-corrected chi connectivity index (χ1v) is 7.25. The first-order chi connectivity index (χ1) is 8.65. The van der Waals surface area contributed by atoms with Gasteiger partial charge in [0.1, 0.15) is 0 Å². The van der Waals surface area contributed by atoms with Gasteiger partial charge in [-0.25, -0.2) is 0 Å². The van der Waals surface area contributed by atoms with Crippen molar-refractivity contribution in [2.45, 2.75) is 38.6 Å². The van der Waals surface area contributed by atoms with Gasteiger partial charge in [-0.05, 0) is 49.6 Å². The van der Waals surface area contributed by atoms with Crippen LogP contribution in [0.1, 0.15) is 37.7 Å². The molecular formula is C15H23ClN2. The molecule has 0 atom stereocenters. The largest absolute Gasteiger partial charge is 0.398 e. The molecule has 2 nitrogen and oxygen atoms in total. The third-order valence-corrected chi connectivity index (χ3v) is 4.07. The van der Waals surface area contributed by atoms with Crippen LogP contribution in [0.4, 0.5) is 5.69 Å². The maximum Gasteiger partial charge on any atom is 0.0410 e. The number of anilines is 1. The molecule has 1 aromatic carbocycles. The van der Waals surface area contributed by atoms with E-state index in [0.717, 1.165) is 28.7 Å². The van der Waals surface area contributed by atoms with Crippen LogP contribution in [0.25, 0.3) is 0 Å². The first-order valence-electron chi connectivity index (χ1n) is 6.87. The van der Waals surface area contributed by atoms with Gasteiger partial charge in [-0.2, -0.15) is 0 Å². The standard InChI is InChI=1S/C15H23ClN2/c1-18(10-12-5-3-2-4-6-12)11-13-9-14(16)7-8-15(13)17/h7-9,12H,2-6,10-11,17H2,1H3. The maximum atomic E-state index is 6.02. The van der Waals surface area contributed by atoms with E-state index in [1.54, 1.807) is 0 Å². The Hall–Kier alpha value is -0.730. The Kier molecular flexibility index (Phi) is 4.90. The van der Waals surface area contributed by atoms with Gasteiger partial charge in [0.15, 0.2) is 0 Å². The minimum absolute atomic E-state index is 0.769. The molecule has 1 aliphatic rings. The highest BCUT2D eigenvalue weighted by atomic mass is 35.5. The second-order valence-electron chi connectivity index (χ2n) is 5.54. The summed E-state index contributed by atoms with van der Waals surface area (Å²) < 4.78 is 0. The molecular weight excluding hydrogens is 244 g/mol. The summed E-state index contributed by atoms with van der Waals surface area (Å²) >= 11 is 6.02. The van der Waals surface area contributed by atoms with Crippen LogP contribution in [0.5, 0.6) is 0 Å². The number of halogens is 1. The minimum Gasteiger partial charge on any atom is -0.398 e. The van der Waals surface area contributed by atoms with Crippen LogP contribution in [0.2, 0.25) is 5.02 Å². The van der Waals surface area contributed by atoms with E-state index >= 15 is 0 Å². The highest BCUT2D eigenvalue weighted by Gasteiger charge is 2.15. The van der Waals surface area contributed by atoms with E-state index < -0.39 is 0 Å². The van der Waals surface area contributed by atoms with Crippen LogP contribution >= 0.6 is 11.6 Å². The average molecular weight is 267 g/mol. The van der Waals surface area contributed by atoms with Gasteiger partial charge in [0.25, 0.3) is 0 Å². The summed E-state index contributed by atoms with van der Waals surface area (Å²) in [5.41, 5.74) is 7.97. The zero-order chi connectivity index (χ0) is 13.0. The quantitative estimate of drug-likeness (QED) is 0.837. The zero-order valence-electron chi connectivity index (χ0n) is 11.2. The van der Waals surface area contributed by atoms with E-state index in [0.29, 0.717) is 0 Å². The fourth-order valence-corrected chi connectivity index (χ4v) is 3.07. The Balaban J connectivity index is 1.89. The first kappa shape index (κ1) is 13.7. The molecule has 0 bridgehead atoms. The van der Waals surface area contributed by atoms with Crippen molar-refractivity contribution in [1.29, 1.82) is 0 Å². The second kappa shape index (κ2) is 6.44. The van der Waals surface area contributed by atoms with E-state index in [1.165, 1.54) is 38.6 Å². The van der Waals surface area contributed by atoms with Gasteiger partial charge in [-0.15, -0.1) is 0 Å². The van der Waals surface area contributed by atoms with Crippen molar-refractivity contribution < 1.29 is 0 Å². The van der Waals surface area contributed by atoms with E-state index in [1.807, 2.05) is 18.2 Å². The molecule has 0 saturated heterocycles. The third-order valence-electron chi connectivity index (χ3n) is 3.84. The Morgan fingerprint density at radius 2 is 2.00 bits per heavy atom. The minimum atomic E-state index is 0.769. The number of nitrogens with two attached hydrogens (primary N) is 1. The van der Waals surface area contributed by atoms with Crippen molar-refractivity contribution in [3.8, 4) is 0 Å². The van der Waals surface area contributed by atoms with E-state index in [4.69, 9.17) is 17.3 Å². The van der Waals surface area contributed by atoms with Crippen LogP contribution < -0.4 is 5.73 Å². The molecule has 0 spiro atoms. The van der Waals surface area contributed by atoms with Crippen LogP contribution in [0, 0.1) is 5.92 Å². The molecule has 3 heteroatoms. The van der Waals surface area contributed by atoms with Gasteiger partial charge < -0.3 is 10.6 Å². The fourth-order valence-electron chi connectivity index (χ4n) is 2.88. The summed E-state index contributed by atoms with van der Waals surface area (Å²) in [5.74, 6) is 0.865. The monoisotopic (exact) mass is 266 g/mol. The van der Waals surface area contributed by atoms with Crippen molar-refractivity contribution in [3.05, 3.63) is 28.8 Å². The van der Waals surface area contributed by atoms with Gasteiger partial charge in [0, 0.05) is 23.8 Å². The van der Waals surface area contributed by atoms with Crippen LogP contribution in [0.3, 0.4) is 0 Å². The highest BCUT2D eigenvalue weighted by molar-refractivity contribution is 6.30. The van der Waals surface area contributed by atoms with Gasteiger partial charge >= 0.3 is 0 Å². The number of nitrogen functional groups attached to an aromatic ring is 1. The van der Waals surface area contributed by atoms with Gasteiger partial charge in [-0.1, -0.05) is 30.9 Å². The molecule has 0 unspecified atom stereocenters. The lowest BCUT2D eigenvalue weighted by molar-refractivity contribution is 0.228. The molecule has 2 N–H and O–H groups in total. The van der Waals surface area contributed by atoms with Crippen molar-refractivity contribution in [3.63, 3.8) is 0 Å². The molecule has 1 aromatic rings. The van der Waals surface area contributed by atoms with E-state index in [9.17, 15) is 0 Å². The van der Waals surface area contributed by atoms with Crippen molar-refractivity contribution in [2.75, 3.05) is 19.3 Å². The Morgan fingerprint density at radius 1 is 1.28 bits per heavy atom. The van der Waals surface area contributed by atoms with Crippen LogP contribution in [0.15, 0.2) is 18.2 Å². The summed E-state index contributed by atoms with van der Waals surface area (Å²) in [4.78, 5) is 2.37. The normalized spacial score (nSPS) is 17.3. The van der Waals surface area contributed by atoms with Crippen molar-refractivity contribution in [2.24, 2.45) is 5.92 Å². The lowest BCUT2D eigenvalue weighted by atomic mass is 9.89. The number of benzene rings is 1. The summed E-state index contributed by atoms with van der Waals surface area (Å²) in [5, 5.41) is 0.769. The molecule has 0 radical (unpaired) electrons. The Labute approximate surface area is 115 Å². The molecule has 1 saturated carbocycles. The van der Waals surface area contributed by atoms with Crippen molar-refractivity contribution >= 4 is 17.3 Å². The van der Waals surface area contributed by atoms with E-state index in [-0.39, 0.29) is 0 Å². The summed E-state index contributed by atoms with van der Waals surface area (Å²) in [7, 11) is 2.18. The van der Waals surface area contributed by atoms with Gasteiger partial charge in [0.2, 0.25) is 0 Å². The topological polar surface area (TPSA) is 29.3 Å². The maximum absolute atomic E-state index is 6.02. The SMILES string of the molecule is CN(Cc1cc(Cl)ccc1N)CC1CCCCC1. The molecule has 0 heterocycles. The molecule has 2 rings (SSSR count). The van der Waals surface area contributed by atoms with Crippen LogP contribution in [-0.4, -0.2) is 18.5 Å². The number of hydrogen-bond acceptors (Lipinski definition) is 2. The Morgan fingerprint density at radius 3 is 2.72 bits per heavy atom. The van der Waals surface area contributed by atoms with E-state index in [2.05, 4.69) is 11.9 Å². The van der Waals surface area contributed by atoms with Gasteiger partial charge in [0.05, 0.1) is 0 Å².